The molecule has 0 bridgehead atoms. The second-order valence-corrected chi connectivity index (χ2v) is 6.96. The number of benzene rings is 1. The van der Waals surface area contributed by atoms with E-state index in [1.165, 1.54) is 17.7 Å². The number of fused-ring (bicyclic) bond motifs is 1. The standard InChI is InChI=1S/C16H23NO2S/c1-11-13(17-2)5-7-16(11)20-12-4-6-14-15(10-12)19-9-3-8-18-14/h4,6,10-11,13,16-17H,3,5,7-9H2,1-2H3. The first-order valence-corrected chi connectivity index (χ1v) is 8.39. The number of nitrogens with one attached hydrogen (secondary N) is 1. The van der Waals surface area contributed by atoms with E-state index in [0.29, 0.717) is 17.2 Å². The first-order valence-electron chi connectivity index (χ1n) is 7.51. The zero-order valence-electron chi connectivity index (χ0n) is 12.2. The predicted octanol–water partition coefficient (Wildman–Crippen LogP) is 3.33. The van der Waals surface area contributed by atoms with E-state index in [4.69, 9.17) is 9.47 Å². The van der Waals surface area contributed by atoms with Gasteiger partial charge in [0.15, 0.2) is 11.5 Å². The summed E-state index contributed by atoms with van der Waals surface area (Å²) < 4.78 is 11.5. The normalized spacial score (nSPS) is 29.2. The van der Waals surface area contributed by atoms with Gasteiger partial charge in [-0.1, -0.05) is 6.92 Å². The summed E-state index contributed by atoms with van der Waals surface area (Å²) in [7, 11) is 2.07. The lowest BCUT2D eigenvalue weighted by molar-refractivity contribution is 0.297. The van der Waals surface area contributed by atoms with Crippen LogP contribution in [0.1, 0.15) is 26.2 Å². The highest BCUT2D eigenvalue weighted by atomic mass is 32.2. The summed E-state index contributed by atoms with van der Waals surface area (Å²) in [6, 6.07) is 7.02. The van der Waals surface area contributed by atoms with Gasteiger partial charge in [-0.15, -0.1) is 11.8 Å². The van der Waals surface area contributed by atoms with E-state index in [1.807, 2.05) is 11.8 Å². The van der Waals surface area contributed by atoms with Gasteiger partial charge in [-0.2, -0.15) is 0 Å². The van der Waals surface area contributed by atoms with Crippen molar-refractivity contribution in [3.05, 3.63) is 18.2 Å². The molecule has 3 unspecified atom stereocenters. The molecule has 2 aliphatic rings. The summed E-state index contributed by atoms with van der Waals surface area (Å²) in [5.74, 6) is 2.50. The Labute approximate surface area is 125 Å². The topological polar surface area (TPSA) is 30.5 Å². The third-order valence-electron chi connectivity index (χ3n) is 4.36. The number of hydrogen-bond donors (Lipinski definition) is 1. The monoisotopic (exact) mass is 293 g/mol. The highest BCUT2D eigenvalue weighted by Crippen LogP contribution is 2.41. The third kappa shape index (κ3) is 2.91. The van der Waals surface area contributed by atoms with Crippen LogP contribution in [0.2, 0.25) is 0 Å². The molecule has 0 aromatic heterocycles. The molecule has 0 saturated heterocycles. The Morgan fingerprint density at radius 1 is 1.15 bits per heavy atom. The fourth-order valence-electron chi connectivity index (χ4n) is 3.09. The summed E-state index contributed by atoms with van der Waals surface area (Å²) in [4.78, 5) is 1.29. The van der Waals surface area contributed by atoms with Crippen LogP contribution in [0.5, 0.6) is 11.5 Å². The molecule has 3 rings (SSSR count). The van der Waals surface area contributed by atoms with Crippen LogP contribution in [0.15, 0.2) is 23.1 Å². The molecule has 20 heavy (non-hydrogen) atoms. The highest BCUT2D eigenvalue weighted by molar-refractivity contribution is 8.00. The van der Waals surface area contributed by atoms with Gasteiger partial charge in [-0.25, -0.2) is 0 Å². The molecule has 1 saturated carbocycles. The number of thioether (sulfide) groups is 1. The highest BCUT2D eigenvalue weighted by Gasteiger charge is 2.32. The fourth-order valence-corrected chi connectivity index (χ4v) is 4.42. The molecule has 0 spiro atoms. The Morgan fingerprint density at radius 2 is 1.95 bits per heavy atom. The van der Waals surface area contributed by atoms with E-state index in [0.717, 1.165) is 31.1 Å². The van der Waals surface area contributed by atoms with Crippen molar-refractivity contribution in [2.24, 2.45) is 5.92 Å². The third-order valence-corrected chi connectivity index (χ3v) is 5.85. The lowest BCUT2D eigenvalue weighted by Crippen LogP contribution is -2.29. The molecule has 1 N–H and O–H groups in total. The molecule has 1 aliphatic heterocycles. The number of hydrogen-bond acceptors (Lipinski definition) is 4. The molecule has 1 aromatic rings. The molecular weight excluding hydrogens is 270 g/mol. The summed E-state index contributed by atoms with van der Waals surface area (Å²) in [5.41, 5.74) is 0. The predicted molar refractivity (Wildman–Crippen MR) is 82.9 cm³/mol. The summed E-state index contributed by atoms with van der Waals surface area (Å²) >= 11 is 1.98. The van der Waals surface area contributed by atoms with Gasteiger partial charge in [0.25, 0.3) is 0 Å². The molecular formula is C16H23NO2S. The molecule has 0 radical (unpaired) electrons. The first kappa shape index (κ1) is 14.1. The van der Waals surface area contributed by atoms with Gasteiger partial charge >= 0.3 is 0 Å². The minimum absolute atomic E-state index is 0.660. The zero-order chi connectivity index (χ0) is 13.9. The van der Waals surface area contributed by atoms with E-state index in [9.17, 15) is 0 Å². The van der Waals surface area contributed by atoms with Crippen molar-refractivity contribution in [3.63, 3.8) is 0 Å². The fraction of sp³-hybridized carbons (Fsp3) is 0.625. The maximum absolute atomic E-state index is 5.77. The smallest absolute Gasteiger partial charge is 0.162 e. The maximum atomic E-state index is 5.77. The van der Waals surface area contributed by atoms with Crippen LogP contribution in [-0.2, 0) is 0 Å². The lowest BCUT2D eigenvalue weighted by atomic mass is 10.1. The summed E-state index contributed by atoms with van der Waals surface area (Å²) in [6.07, 6.45) is 3.52. The zero-order valence-corrected chi connectivity index (χ0v) is 13.0. The molecule has 4 heteroatoms. The van der Waals surface area contributed by atoms with Crippen LogP contribution in [0.4, 0.5) is 0 Å². The van der Waals surface area contributed by atoms with Gasteiger partial charge in [-0.3, -0.25) is 0 Å². The summed E-state index contributed by atoms with van der Waals surface area (Å²) in [6.45, 7) is 3.86. The van der Waals surface area contributed by atoms with E-state index in [1.54, 1.807) is 0 Å². The van der Waals surface area contributed by atoms with Crippen LogP contribution in [0.3, 0.4) is 0 Å². The Hall–Kier alpha value is -0.870. The van der Waals surface area contributed by atoms with E-state index < -0.39 is 0 Å². The molecule has 1 fully saturated rings. The van der Waals surface area contributed by atoms with E-state index in [-0.39, 0.29) is 0 Å². The van der Waals surface area contributed by atoms with Crippen molar-refractivity contribution >= 4 is 11.8 Å². The van der Waals surface area contributed by atoms with E-state index >= 15 is 0 Å². The molecule has 1 aliphatic carbocycles. The second kappa shape index (κ2) is 6.27. The van der Waals surface area contributed by atoms with Crippen LogP contribution >= 0.6 is 11.8 Å². The lowest BCUT2D eigenvalue weighted by Gasteiger charge is -2.20. The van der Waals surface area contributed by atoms with Crippen LogP contribution in [-0.4, -0.2) is 31.6 Å². The van der Waals surface area contributed by atoms with Crippen LogP contribution in [0.25, 0.3) is 0 Å². The molecule has 110 valence electrons. The van der Waals surface area contributed by atoms with Gasteiger partial charge in [0.05, 0.1) is 13.2 Å². The Morgan fingerprint density at radius 3 is 2.70 bits per heavy atom. The van der Waals surface area contributed by atoms with Crippen molar-refractivity contribution < 1.29 is 9.47 Å². The Balaban J connectivity index is 1.70. The van der Waals surface area contributed by atoms with Crippen molar-refractivity contribution in [2.45, 2.75) is 42.4 Å². The average molecular weight is 293 g/mol. The van der Waals surface area contributed by atoms with Gasteiger partial charge in [-0.05, 0) is 44.0 Å². The van der Waals surface area contributed by atoms with Crippen molar-refractivity contribution in [1.82, 2.24) is 5.32 Å². The number of ether oxygens (including phenoxy) is 2. The first-order chi connectivity index (χ1) is 9.78. The van der Waals surface area contributed by atoms with E-state index in [2.05, 4.69) is 37.5 Å². The summed E-state index contributed by atoms with van der Waals surface area (Å²) in [5, 5.41) is 4.12. The minimum Gasteiger partial charge on any atom is -0.490 e. The maximum Gasteiger partial charge on any atom is 0.162 e. The minimum atomic E-state index is 0.660. The largest absolute Gasteiger partial charge is 0.490 e. The molecule has 1 heterocycles. The Bertz CT molecular complexity index is 466. The molecule has 1 aromatic carbocycles. The SMILES string of the molecule is CNC1CCC(Sc2ccc3c(c2)OCCCO3)C1C. The quantitative estimate of drug-likeness (QED) is 0.926. The number of rotatable bonds is 3. The molecule has 3 nitrogen and oxygen atoms in total. The van der Waals surface area contributed by atoms with Gasteiger partial charge in [0.2, 0.25) is 0 Å². The van der Waals surface area contributed by atoms with Crippen LogP contribution < -0.4 is 14.8 Å². The van der Waals surface area contributed by atoms with Crippen molar-refractivity contribution in [1.29, 1.82) is 0 Å². The van der Waals surface area contributed by atoms with Gasteiger partial charge in [0, 0.05) is 22.6 Å². The van der Waals surface area contributed by atoms with Gasteiger partial charge in [0.1, 0.15) is 0 Å². The molecule has 0 amide bonds. The molecule has 3 atom stereocenters. The average Bonchev–Trinajstić information content (AvgIpc) is 2.67. The van der Waals surface area contributed by atoms with Crippen LogP contribution in [0, 0.1) is 5.92 Å². The van der Waals surface area contributed by atoms with Crippen molar-refractivity contribution in [3.8, 4) is 11.5 Å². The Kier molecular flexibility index (Phi) is 4.41. The van der Waals surface area contributed by atoms with Crippen molar-refractivity contribution in [2.75, 3.05) is 20.3 Å². The van der Waals surface area contributed by atoms with Gasteiger partial charge < -0.3 is 14.8 Å². The second-order valence-electron chi connectivity index (χ2n) is 5.65.